The van der Waals surface area contributed by atoms with Crippen molar-refractivity contribution in [1.29, 1.82) is 0 Å². The number of hydrogen-bond donors (Lipinski definition) is 2. The van der Waals surface area contributed by atoms with Gasteiger partial charge in [0.25, 0.3) is 0 Å². The average molecular weight is 288 g/mol. The first-order valence-electron chi connectivity index (χ1n) is 6.06. The van der Waals surface area contributed by atoms with Gasteiger partial charge >= 0.3 is 0 Å². The standard InChI is InChI=1S/C10H20N6S2/c1-6-7(2)18-9(5-17-6)8(12-11)4-10-13-15-16(3)14-10/h6-9,12H,4-5,11H2,1-3H3. The number of nitrogens with two attached hydrogens (primary N) is 1. The molecule has 1 fully saturated rings. The molecule has 0 spiro atoms. The van der Waals surface area contributed by atoms with Crippen LogP contribution >= 0.6 is 23.5 Å². The Morgan fingerprint density at radius 1 is 1.50 bits per heavy atom. The first kappa shape index (κ1) is 14.1. The van der Waals surface area contributed by atoms with Gasteiger partial charge < -0.3 is 0 Å². The molecule has 4 unspecified atom stereocenters. The molecule has 2 heterocycles. The molecule has 6 nitrogen and oxygen atoms in total. The molecule has 8 heteroatoms. The molecule has 0 amide bonds. The fraction of sp³-hybridized carbons (Fsp3) is 0.900. The number of nitrogens with zero attached hydrogens (tertiary/aromatic N) is 4. The topological polar surface area (TPSA) is 81.7 Å². The number of nitrogens with one attached hydrogen (secondary N) is 1. The van der Waals surface area contributed by atoms with Gasteiger partial charge in [-0.3, -0.25) is 11.3 Å². The molecule has 0 radical (unpaired) electrons. The summed E-state index contributed by atoms with van der Waals surface area (Å²) in [6.45, 7) is 4.57. The maximum absolute atomic E-state index is 5.68. The van der Waals surface area contributed by atoms with Crippen molar-refractivity contribution in [2.75, 3.05) is 5.75 Å². The van der Waals surface area contributed by atoms with Crippen molar-refractivity contribution in [2.24, 2.45) is 12.9 Å². The van der Waals surface area contributed by atoms with Gasteiger partial charge in [-0.15, -0.1) is 10.2 Å². The number of aromatic nitrogens is 4. The monoisotopic (exact) mass is 288 g/mol. The number of aryl methyl sites for hydroxylation is 1. The molecule has 4 atom stereocenters. The van der Waals surface area contributed by atoms with Gasteiger partial charge in [-0.1, -0.05) is 13.8 Å². The predicted molar refractivity (Wildman–Crippen MR) is 76.4 cm³/mol. The lowest BCUT2D eigenvalue weighted by atomic mass is 10.1. The molecular formula is C10H20N6S2. The molecule has 1 aliphatic heterocycles. The van der Waals surface area contributed by atoms with Crippen LogP contribution in [0.1, 0.15) is 19.7 Å². The van der Waals surface area contributed by atoms with E-state index in [9.17, 15) is 0 Å². The quantitative estimate of drug-likeness (QED) is 0.605. The van der Waals surface area contributed by atoms with E-state index < -0.39 is 0 Å². The fourth-order valence-corrected chi connectivity index (χ4v) is 5.03. The zero-order valence-electron chi connectivity index (χ0n) is 10.9. The van der Waals surface area contributed by atoms with Gasteiger partial charge in [0, 0.05) is 34.0 Å². The number of thioether (sulfide) groups is 2. The molecule has 0 aliphatic carbocycles. The van der Waals surface area contributed by atoms with E-state index in [0.717, 1.165) is 18.0 Å². The van der Waals surface area contributed by atoms with Crippen molar-refractivity contribution < 1.29 is 0 Å². The first-order chi connectivity index (χ1) is 8.60. The van der Waals surface area contributed by atoms with Crippen LogP contribution in [0.5, 0.6) is 0 Å². The average Bonchev–Trinajstić information content (AvgIpc) is 2.75. The van der Waals surface area contributed by atoms with Crippen LogP contribution in [0.2, 0.25) is 0 Å². The van der Waals surface area contributed by atoms with Crippen LogP contribution < -0.4 is 11.3 Å². The number of tetrazole rings is 1. The lowest BCUT2D eigenvalue weighted by molar-refractivity contribution is 0.508. The van der Waals surface area contributed by atoms with Crippen LogP contribution in [0, 0.1) is 0 Å². The maximum atomic E-state index is 5.68. The molecule has 2 rings (SSSR count). The third-order valence-corrected chi connectivity index (χ3v) is 6.74. The molecule has 1 aromatic rings. The number of hydrogen-bond acceptors (Lipinski definition) is 7. The minimum atomic E-state index is 0.196. The Morgan fingerprint density at radius 2 is 2.28 bits per heavy atom. The van der Waals surface area contributed by atoms with Gasteiger partial charge in [0.1, 0.15) is 0 Å². The van der Waals surface area contributed by atoms with Crippen LogP contribution in [-0.4, -0.2) is 47.8 Å². The van der Waals surface area contributed by atoms with Gasteiger partial charge in [0.15, 0.2) is 5.82 Å². The molecule has 3 N–H and O–H groups in total. The van der Waals surface area contributed by atoms with E-state index >= 15 is 0 Å². The molecule has 0 aromatic carbocycles. The Hall–Kier alpha value is -0.310. The third-order valence-electron chi connectivity index (χ3n) is 3.19. The van der Waals surface area contributed by atoms with E-state index in [-0.39, 0.29) is 6.04 Å². The van der Waals surface area contributed by atoms with Crippen LogP contribution in [-0.2, 0) is 13.5 Å². The Kier molecular flexibility index (Phi) is 4.88. The summed E-state index contributed by atoms with van der Waals surface area (Å²) in [5.41, 5.74) is 2.91. The number of hydrazine groups is 1. The highest BCUT2D eigenvalue weighted by Gasteiger charge is 2.31. The smallest absolute Gasteiger partial charge is 0.176 e. The summed E-state index contributed by atoms with van der Waals surface area (Å²) in [4.78, 5) is 1.48. The van der Waals surface area contributed by atoms with Crippen molar-refractivity contribution in [3.63, 3.8) is 0 Å². The molecule has 1 saturated heterocycles. The van der Waals surface area contributed by atoms with Gasteiger partial charge in [-0.25, -0.2) is 0 Å². The van der Waals surface area contributed by atoms with Crippen LogP contribution in [0.15, 0.2) is 0 Å². The van der Waals surface area contributed by atoms with Crippen molar-refractivity contribution in [3.8, 4) is 0 Å². The van der Waals surface area contributed by atoms with Gasteiger partial charge in [-0.05, 0) is 5.21 Å². The number of rotatable bonds is 4. The van der Waals surface area contributed by atoms with E-state index in [2.05, 4.69) is 34.7 Å². The molecule has 18 heavy (non-hydrogen) atoms. The molecular weight excluding hydrogens is 268 g/mol. The van der Waals surface area contributed by atoms with E-state index in [0.29, 0.717) is 15.7 Å². The Labute approximate surface area is 116 Å². The summed E-state index contributed by atoms with van der Waals surface area (Å²) in [5.74, 6) is 7.55. The fourth-order valence-electron chi connectivity index (χ4n) is 1.92. The highest BCUT2D eigenvalue weighted by molar-refractivity contribution is 8.07. The van der Waals surface area contributed by atoms with E-state index in [1.54, 1.807) is 7.05 Å². The predicted octanol–water partition coefficient (Wildman–Crippen LogP) is 0.210. The van der Waals surface area contributed by atoms with Gasteiger partial charge in [-0.2, -0.15) is 28.3 Å². The Balaban J connectivity index is 1.96. The lowest BCUT2D eigenvalue weighted by Crippen LogP contribution is -2.48. The summed E-state index contributed by atoms with van der Waals surface area (Å²) < 4.78 is 0. The van der Waals surface area contributed by atoms with Crippen molar-refractivity contribution >= 4 is 23.5 Å². The van der Waals surface area contributed by atoms with Crippen molar-refractivity contribution in [1.82, 2.24) is 25.6 Å². The Bertz CT molecular complexity index is 384. The van der Waals surface area contributed by atoms with Crippen molar-refractivity contribution in [2.45, 2.75) is 42.1 Å². The zero-order valence-corrected chi connectivity index (χ0v) is 12.5. The lowest BCUT2D eigenvalue weighted by Gasteiger charge is -2.35. The highest BCUT2D eigenvalue weighted by atomic mass is 32.2. The van der Waals surface area contributed by atoms with Crippen molar-refractivity contribution in [3.05, 3.63) is 5.82 Å². The summed E-state index contributed by atoms with van der Waals surface area (Å²) in [6.07, 6.45) is 0.726. The second kappa shape index (κ2) is 6.23. The maximum Gasteiger partial charge on any atom is 0.176 e. The second-order valence-electron chi connectivity index (χ2n) is 4.59. The van der Waals surface area contributed by atoms with Crippen LogP contribution in [0.25, 0.3) is 0 Å². The SMILES string of the molecule is CC1SCC(C(Cc2nnn(C)n2)NN)SC1C. The summed E-state index contributed by atoms with van der Waals surface area (Å²) in [6, 6.07) is 0.196. The summed E-state index contributed by atoms with van der Waals surface area (Å²) in [5, 5.41) is 13.9. The summed E-state index contributed by atoms with van der Waals surface area (Å²) in [7, 11) is 1.77. The van der Waals surface area contributed by atoms with Crippen LogP contribution in [0.3, 0.4) is 0 Å². The highest BCUT2D eigenvalue weighted by Crippen LogP contribution is 2.37. The molecule has 1 aromatic heterocycles. The largest absolute Gasteiger partial charge is 0.271 e. The summed E-state index contributed by atoms with van der Waals surface area (Å²) >= 11 is 4.02. The molecule has 0 saturated carbocycles. The third kappa shape index (κ3) is 3.37. The zero-order chi connectivity index (χ0) is 13.1. The second-order valence-corrected chi connectivity index (χ2v) is 7.62. The Morgan fingerprint density at radius 3 is 2.83 bits per heavy atom. The molecule has 1 aliphatic rings. The van der Waals surface area contributed by atoms with E-state index in [1.165, 1.54) is 4.80 Å². The molecule has 0 bridgehead atoms. The van der Waals surface area contributed by atoms with Crippen LogP contribution in [0.4, 0.5) is 0 Å². The minimum Gasteiger partial charge on any atom is -0.271 e. The molecule has 102 valence electrons. The van der Waals surface area contributed by atoms with E-state index in [1.807, 2.05) is 23.5 Å². The first-order valence-corrected chi connectivity index (χ1v) is 8.05. The van der Waals surface area contributed by atoms with E-state index in [4.69, 9.17) is 5.84 Å². The van der Waals surface area contributed by atoms with Gasteiger partial charge in [0.2, 0.25) is 0 Å². The van der Waals surface area contributed by atoms with Gasteiger partial charge in [0.05, 0.1) is 7.05 Å². The minimum absolute atomic E-state index is 0.196. The normalized spacial score (nSPS) is 30.3.